The van der Waals surface area contributed by atoms with E-state index in [0.717, 1.165) is 24.8 Å². The average Bonchev–Trinajstić information content (AvgIpc) is 3.41. The first-order valence-electron chi connectivity index (χ1n) is 11.2. The maximum absolute atomic E-state index is 13.3. The van der Waals surface area contributed by atoms with E-state index >= 15 is 0 Å². The number of hydrogen-bond donors (Lipinski definition) is 1. The molecule has 1 N–H and O–H groups in total. The Kier molecular flexibility index (Phi) is 6.43. The molecule has 2 aliphatic rings. The van der Waals surface area contributed by atoms with Crippen LogP contribution < -0.4 is 5.32 Å². The Morgan fingerprint density at radius 3 is 2.84 bits per heavy atom. The lowest BCUT2D eigenvalue weighted by Crippen LogP contribution is -2.46. The number of carbonyl (C=O) groups is 1. The lowest BCUT2D eigenvalue weighted by molar-refractivity contribution is -0.124. The van der Waals surface area contributed by atoms with E-state index in [1.54, 1.807) is 22.9 Å². The molecule has 1 saturated heterocycles. The molecule has 1 aromatic heterocycles. The molecule has 0 bridgehead atoms. The van der Waals surface area contributed by atoms with E-state index in [-0.39, 0.29) is 16.8 Å². The van der Waals surface area contributed by atoms with Crippen LogP contribution in [0.2, 0.25) is 0 Å². The number of nitrogens with one attached hydrogen (secondary N) is 1. The van der Waals surface area contributed by atoms with Crippen LogP contribution in [0.15, 0.2) is 34.7 Å². The van der Waals surface area contributed by atoms with E-state index in [4.69, 9.17) is 0 Å². The third-order valence-corrected chi connectivity index (χ3v) is 8.08. The molecule has 4 rings (SSSR count). The summed E-state index contributed by atoms with van der Waals surface area (Å²) in [6.45, 7) is 4.90. The van der Waals surface area contributed by atoms with Crippen LogP contribution in [0.25, 0.3) is 11.0 Å². The number of fused-ring (bicyclic) bond motifs is 1. The number of amides is 1. The van der Waals surface area contributed by atoms with Gasteiger partial charge in [0.25, 0.3) is 0 Å². The normalized spacial score (nSPS) is 20.4. The van der Waals surface area contributed by atoms with Crippen molar-refractivity contribution in [2.45, 2.75) is 75.8 Å². The van der Waals surface area contributed by atoms with Gasteiger partial charge in [-0.05, 0) is 77.0 Å². The molecule has 0 saturated carbocycles. The Morgan fingerprint density at radius 2 is 2.10 bits per heavy atom. The molecule has 1 amide bonds. The van der Waals surface area contributed by atoms with Crippen LogP contribution in [0.1, 0.15) is 64.8 Å². The second-order valence-electron chi connectivity index (χ2n) is 8.70. The smallest absolute Gasteiger partial charge is 0.243 e. The Bertz CT molecular complexity index is 1090. The van der Waals surface area contributed by atoms with Crippen molar-refractivity contribution < 1.29 is 13.2 Å². The van der Waals surface area contributed by atoms with E-state index in [2.05, 4.69) is 21.7 Å². The predicted octanol–water partition coefficient (Wildman–Crippen LogP) is 3.17. The highest BCUT2D eigenvalue weighted by Crippen LogP contribution is 2.28. The van der Waals surface area contributed by atoms with Crippen LogP contribution in [0, 0.1) is 0 Å². The molecule has 168 valence electrons. The van der Waals surface area contributed by atoms with Crippen LogP contribution in [-0.2, 0) is 14.8 Å². The summed E-state index contributed by atoms with van der Waals surface area (Å²) in [6.07, 6.45) is 9.00. The minimum absolute atomic E-state index is 0.128. The maximum atomic E-state index is 13.3. The fraction of sp³-hybridized carbons (Fsp3) is 0.591. The number of carbonyl (C=O) groups excluding carboxylic acids is 1. The Labute approximate surface area is 183 Å². The van der Waals surface area contributed by atoms with Gasteiger partial charge in [-0.25, -0.2) is 13.1 Å². The monoisotopic (exact) mass is 445 g/mol. The molecule has 1 aliphatic carbocycles. The van der Waals surface area contributed by atoms with Crippen molar-refractivity contribution in [1.29, 1.82) is 0 Å². The van der Waals surface area contributed by atoms with Gasteiger partial charge in [-0.3, -0.25) is 4.79 Å². The summed E-state index contributed by atoms with van der Waals surface area (Å²) < 4.78 is 29.8. The molecular weight excluding hydrogens is 414 g/mol. The molecule has 0 spiro atoms. The summed E-state index contributed by atoms with van der Waals surface area (Å²) in [5, 5.41) is 11.2. The minimum Gasteiger partial charge on any atom is -0.354 e. The van der Waals surface area contributed by atoms with Crippen molar-refractivity contribution in [3.8, 4) is 0 Å². The Hall–Kier alpha value is -2.26. The number of allylic oxidation sites excluding steroid dienone is 1. The highest BCUT2D eigenvalue weighted by molar-refractivity contribution is 7.89. The largest absolute Gasteiger partial charge is 0.354 e. The molecule has 1 aromatic carbocycles. The van der Waals surface area contributed by atoms with Crippen molar-refractivity contribution in [1.82, 2.24) is 24.6 Å². The van der Waals surface area contributed by atoms with Crippen LogP contribution >= 0.6 is 0 Å². The van der Waals surface area contributed by atoms with Crippen molar-refractivity contribution in [2.24, 2.45) is 0 Å². The molecule has 9 heteroatoms. The first-order chi connectivity index (χ1) is 14.9. The van der Waals surface area contributed by atoms with Gasteiger partial charge in [-0.15, -0.1) is 5.10 Å². The SMILES string of the molecule is CC(C)n1nnc2cc(S(=O)(=O)N3CCCC3C(=O)NCCC3=CCCCC3)ccc21. The lowest BCUT2D eigenvalue weighted by atomic mass is 9.97. The molecule has 0 radical (unpaired) electrons. The number of hydrogen-bond acceptors (Lipinski definition) is 5. The first kappa shape index (κ1) is 22.0. The summed E-state index contributed by atoms with van der Waals surface area (Å²) in [5.74, 6) is -0.204. The van der Waals surface area contributed by atoms with Crippen molar-refractivity contribution in [3.63, 3.8) is 0 Å². The molecule has 1 aliphatic heterocycles. The van der Waals surface area contributed by atoms with Gasteiger partial charge in [-0.1, -0.05) is 16.9 Å². The van der Waals surface area contributed by atoms with Gasteiger partial charge in [0, 0.05) is 19.1 Å². The topological polar surface area (TPSA) is 97.2 Å². The Balaban J connectivity index is 1.47. The summed E-state index contributed by atoms with van der Waals surface area (Å²) in [4.78, 5) is 13.0. The fourth-order valence-electron chi connectivity index (χ4n) is 4.48. The fourth-order valence-corrected chi connectivity index (χ4v) is 6.16. The second-order valence-corrected chi connectivity index (χ2v) is 10.6. The highest BCUT2D eigenvalue weighted by atomic mass is 32.2. The van der Waals surface area contributed by atoms with Gasteiger partial charge in [0.1, 0.15) is 11.6 Å². The number of rotatable bonds is 7. The van der Waals surface area contributed by atoms with Gasteiger partial charge < -0.3 is 5.32 Å². The van der Waals surface area contributed by atoms with Gasteiger partial charge in [0.2, 0.25) is 15.9 Å². The zero-order chi connectivity index (χ0) is 22.0. The molecule has 2 aromatic rings. The lowest BCUT2D eigenvalue weighted by Gasteiger charge is -2.23. The van der Waals surface area contributed by atoms with Crippen molar-refractivity contribution in [3.05, 3.63) is 29.8 Å². The molecule has 1 unspecified atom stereocenters. The van der Waals surface area contributed by atoms with E-state index in [9.17, 15) is 13.2 Å². The number of aromatic nitrogens is 3. The molecule has 1 fully saturated rings. The number of benzene rings is 1. The number of sulfonamides is 1. The number of nitrogens with zero attached hydrogens (tertiary/aromatic N) is 4. The van der Waals surface area contributed by atoms with Gasteiger partial charge in [0.15, 0.2) is 0 Å². The predicted molar refractivity (Wildman–Crippen MR) is 119 cm³/mol. The third kappa shape index (κ3) is 4.52. The van der Waals surface area contributed by atoms with Crippen LogP contribution in [0.3, 0.4) is 0 Å². The van der Waals surface area contributed by atoms with Gasteiger partial charge in [0.05, 0.1) is 10.4 Å². The summed E-state index contributed by atoms with van der Waals surface area (Å²) in [6, 6.07) is 4.35. The Morgan fingerprint density at radius 1 is 1.26 bits per heavy atom. The summed E-state index contributed by atoms with van der Waals surface area (Å²) in [5.41, 5.74) is 2.72. The van der Waals surface area contributed by atoms with E-state index < -0.39 is 16.1 Å². The van der Waals surface area contributed by atoms with Crippen LogP contribution in [0.4, 0.5) is 0 Å². The minimum atomic E-state index is -3.80. The molecular formula is C22H31N5O3S. The third-order valence-electron chi connectivity index (χ3n) is 6.17. The summed E-state index contributed by atoms with van der Waals surface area (Å²) in [7, 11) is -3.80. The van der Waals surface area contributed by atoms with E-state index in [1.165, 1.54) is 22.7 Å². The van der Waals surface area contributed by atoms with Crippen molar-refractivity contribution >= 4 is 27.0 Å². The highest BCUT2D eigenvalue weighted by Gasteiger charge is 2.39. The van der Waals surface area contributed by atoms with E-state index in [1.807, 2.05) is 13.8 Å². The zero-order valence-electron chi connectivity index (χ0n) is 18.2. The molecule has 1 atom stereocenters. The van der Waals surface area contributed by atoms with Crippen molar-refractivity contribution in [2.75, 3.05) is 13.1 Å². The summed E-state index contributed by atoms with van der Waals surface area (Å²) >= 11 is 0. The molecule has 31 heavy (non-hydrogen) atoms. The standard InChI is InChI=1S/C22H31N5O3S/c1-16(2)27-20-11-10-18(15-19(20)24-25-27)31(29,30)26-14-6-9-21(26)22(28)23-13-12-17-7-4-3-5-8-17/h7,10-11,15-16,21H,3-6,8-9,12-14H2,1-2H3,(H,23,28). The maximum Gasteiger partial charge on any atom is 0.243 e. The first-order valence-corrected chi connectivity index (χ1v) is 12.6. The molecule has 8 nitrogen and oxygen atoms in total. The second kappa shape index (κ2) is 9.08. The van der Waals surface area contributed by atoms with Gasteiger partial charge >= 0.3 is 0 Å². The molecule has 2 heterocycles. The van der Waals surface area contributed by atoms with E-state index in [0.29, 0.717) is 31.4 Å². The zero-order valence-corrected chi connectivity index (χ0v) is 19.1. The van der Waals surface area contributed by atoms with Gasteiger partial charge in [-0.2, -0.15) is 4.31 Å². The van der Waals surface area contributed by atoms with Crippen LogP contribution in [-0.4, -0.2) is 52.8 Å². The quantitative estimate of drug-likeness (QED) is 0.660. The average molecular weight is 446 g/mol. The van der Waals surface area contributed by atoms with Crippen LogP contribution in [0.5, 0.6) is 0 Å².